The minimum absolute atomic E-state index is 0.584. The molecule has 1 aromatic rings. The van der Waals surface area contributed by atoms with Crippen LogP contribution in [0.15, 0.2) is 23.4 Å². The molecule has 2 nitrogen and oxygen atoms in total. The molecule has 1 aromatic heterocycles. The van der Waals surface area contributed by atoms with Crippen molar-refractivity contribution in [3.63, 3.8) is 0 Å². The van der Waals surface area contributed by atoms with E-state index in [0.717, 1.165) is 21.7 Å². The van der Waals surface area contributed by atoms with Gasteiger partial charge in [0.25, 0.3) is 0 Å². The summed E-state index contributed by atoms with van der Waals surface area (Å²) in [6.45, 7) is 0. The lowest BCUT2D eigenvalue weighted by Crippen LogP contribution is -2.34. The maximum Gasteiger partial charge on any atom is 0.115 e. The van der Waals surface area contributed by atoms with Crippen LogP contribution in [-0.2, 0) is 0 Å². The maximum atomic E-state index is 6.11. The van der Waals surface area contributed by atoms with Gasteiger partial charge in [-0.05, 0) is 37.9 Å². The first-order valence-corrected chi connectivity index (χ1v) is 7.58. The molecule has 0 bridgehead atoms. The van der Waals surface area contributed by atoms with Crippen molar-refractivity contribution in [2.24, 2.45) is 5.92 Å². The number of thioether (sulfide) groups is 1. The Kier molecular flexibility index (Phi) is 5.14. The largest absolute Gasteiger partial charge is 0.316 e. The first-order valence-electron chi connectivity index (χ1n) is 6.22. The molecular weight excluding hydrogens is 252 g/mol. The highest BCUT2D eigenvalue weighted by molar-refractivity contribution is 7.99. The number of aromatic nitrogens is 1. The van der Waals surface area contributed by atoms with Crippen LogP contribution in [-0.4, -0.2) is 23.8 Å². The van der Waals surface area contributed by atoms with E-state index in [9.17, 15) is 0 Å². The molecule has 1 heterocycles. The highest BCUT2D eigenvalue weighted by atomic mass is 35.5. The summed E-state index contributed by atoms with van der Waals surface area (Å²) in [6, 6.07) is 4.36. The van der Waals surface area contributed by atoms with Crippen LogP contribution in [0, 0.1) is 5.92 Å². The second-order valence-electron chi connectivity index (χ2n) is 4.54. The van der Waals surface area contributed by atoms with Crippen molar-refractivity contribution >= 4 is 23.4 Å². The number of pyridine rings is 1. The summed E-state index contributed by atoms with van der Waals surface area (Å²) in [6.07, 6.45) is 7.30. The monoisotopic (exact) mass is 270 g/mol. The molecule has 0 aliphatic heterocycles. The Labute approximate surface area is 113 Å². The smallest absolute Gasteiger partial charge is 0.115 e. The summed E-state index contributed by atoms with van der Waals surface area (Å²) in [4.78, 5) is 4.31. The van der Waals surface area contributed by atoms with Gasteiger partial charge >= 0.3 is 0 Å². The quantitative estimate of drug-likeness (QED) is 0.828. The molecule has 0 aromatic carbocycles. The SMILES string of the molecule is CNC(CSc1ncccc1Cl)C1CCCC1. The molecule has 2 rings (SSSR count). The van der Waals surface area contributed by atoms with Gasteiger partial charge in [0, 0.05) is 18.0 Å². The number of rotatable bonds is 5. The van der Waals surface area contributed by atoms with Crippen LogP contribution in [0.25, 0.3) is 0 Å². The second-order valence-corrected chi connectivity index (χ2v) is 5.96. The molecule has 17 heavy (non-hydrogen) atoms. The average Bonchev–Trinajstić information content (AvgIpc) is 2.86. The minimum Gasteiger partial charge on any atom is -0.316 e. The molecule has 0 radical (unpaired) electrons. The normalized spacial score (nSPS) is 18.5. The number of nitrogens with zero attached hydrogens (tertiary/aromatic N) is 1. The zero-order chi connectivity index (χ0) is 12.1. The fourth-order valence-electron chi connectivity index (χ4n) is 2.46. The summed E-state index contributed by atoms with van der Waals surface area (Å²) in [5, 5.41) is 5.16. The summed E-state index contributed by atoms with van der Waals surface area (Å²) in [7, 11) is 2.06. The summed E-state index contributed by atoms with van der Waals surface area (Å²) >= 11 is 7.87. The first kappa shape index (κ1) is 13.2. The van der Waals surface area contributed by atoms with E-state index in [1.807, 2.05) is 12.1 Å². The van der Waals surface area contributed by atoms with Gasteiger partial charge in [0.05, 0.1) is 5.02 Å². The van der Waals surface area contributed by atoms with Gasteiger partial charge in [-0.1, -0.05) is 24.4 Å². The molecule has 1 unspecified atom stereocenters. The summed E-state index contributed by atoms with van der Waals surface area (Å²) < 4.78 is 0. The van der Waals surface area contributed by atoms with Crippen LogP contribution >= 0.6 is 23.4 Å². The summed E-state index contributed by atoms with van der Waals surface area (Å²) in [5.41, 5.74) is 0. The standard InChI is InChI=1S/C13H19ClN2S/c1-15-12(10-5-2-3-6-10)9-17-13-11(14)7-4-8-16-13/h4,7-8,10,12,15H,2-3,5-6,9H2,1H3. The van der Waals surface area contributed by atoms with E-state index in [1.54, 1.807) is 18.0 Å². The third-order valence-electron chi connectivity index (χ3n) is 3.46. The molecule has 1 N–H and O–H groups in total. The van der Waals surface area contributed by atoms with E-state index in [4.69, 9.17) is 11.6 Å². The van der Waals surface area contributed by atoms with Crippen LogP contribution in [0.5, 0.6) is 0 Å². The molecule has 1 fully saturated rings. The van der Waals surface area contributed by atoms with E-state index < -0.39 is 0 Å². The zero-order valence-corrected chi connectivity index (χ0v) is 11.7. The summed E-state index contributed by atoms with van der Waals surface area (Å²) in [5.74, 6) is 1.88. The van der Waals surface area contributed by atoms with E-state index in [1.165, 1.54) is 25.7 Å². The molecule has 4 heteroatoms. The molecule has 1 aliphatic rings. The van der Waals surface area contributed by atoms with E-state index in [0.29, 0.717) is 6.04 Å². The third kappa shape index (κ3) is 3.60. The fraction of sp³-hybridized carbons (Fsp3) is 0.615. The molecule has 1 saturated carbocycles. The lowest BCUT2D eigenvalue weighted by molar-refractivity contribution is 0.410. The van der Waals surface area contributed by atoms with Crippen LogP contribution in [0.1, 0.15) is 25.7 Å². The van der Waals surface area contributed by atoms with Crippen LogP contribution in [0.2, 0.25) is 5.02 Å². The highest BCUT2D eigenvalue weighted by Crippen LogP contribution is 2.31. The van der Waals surface area contributed by atoms with Gasteiger partial charge < -0.3 is 5.32 Å². The Morgan fingerprint density at radius 2 is 2.29 bits per heavy atom. The van der Waals surface area contributed by atoms with Gasteiger partial charge in [-0.2, -0.15) is 0 Å². The minimum atomic E-state index is 0.584. The molecule has 94 valence electrons. The van der Waals surface area contributed by atoms with E-state index >= 15 is 0 Å². The lowest BCUT2D eigenvalue weighted by Gasteiger charge is -2.22. The van der Waals surface area contributed by atoms with Gasteiger partial charge in [-0.15, -0.1) is 11.8 Å². The molecular formula is C13H19ClN2S. The van der Waals surface area contributed by atoms with E-state index in [-0.39, 0.29) is 0 Å². The van der Waals surface area contributed by atoms with E-state index in [2.05, 4.69) is 17.3 Å². The van der Waals surface area contributed by atoms with Gasteiger partial charge in [0.1, 0.15) is 5.03 Å². The van der Waals surface area contributed by atoms with Crippen LogP contribution < -0.4 is 5.32 Å². The Bertz CT molecular complexity index is 353. The second kappa shape index (κ2) is 6.62. The van der Waals surface area contributed by atoms with Crippen molar-refractivity contribution in [1.29, 1.82) is 0 Å². The topological polar surface area (TPSA) is 24.9 Å². The molecule has 0 saturated heterocycles. The zero-order valence-electron chi connectivity index (χ0n) is 10.2. The Hall–Kier alpha value is -0.250. The van der Waals surface area contributed by atoms with Crippen molar-refractivity contribution in [3.05, 3.63) is 23.4 Å². The van der Waals surface area contributed by atoms with Gasteiger partial charge in [0.15, 0.2) is 0 Å². The van der Waals surface area contributed by atoms with Crippen LogP contribution in [0.3, 0.4) is 0 Å². The molecule has 1 atom stereocenters. The van der Waals surface area contributed by atoms with Crippen molar-refractivity contribution in [2.45, 2.75) is 36.8 Å². The third-order valence-corrected chi connectivity index (χ3v) is 5.01. The number of nitrogens with one attached hydrogen (secondary N) is 1. The number of hydrogen-bond donors (Lipinski definition) is 1. The van der Waals surface area contributed by atoms with Gasteiger partial charge in [-0.25, -0.2) is 4.98 Å². The van der Waals surface area contributed by atoms with Gasteiger partial charge in [-0.3, -0.25) is 0 Å². The Morgan fingerprint density at radius 1 is 1.53 bits per heavy atom. The number of hydrogen-bond acceptors (Lipinski definition) is 3. The molecule has 0 amide bonds. The van der Waals surface area contributed by atoms with Crippen molar-refractivity contribution in [3.8, 4) is 0 Å². The predicted octanol–water partition coefficient (Wildman–Crippen LogP) is 3.61. The first-order chi connectivity index (χ1) is 8.31. The van der Waals surface area contributed by atoms with Crippen LogP contribution in [0.4, 0.5) is 0 Å². The van der Waals surface area contributed by atoms with Gasteiger partial charge in [0.2, 0.25) is 0 Å². The van der Waals surface area contributed by atoms with Crippen molar-refractivity contribution in [2.75, 3.05) is 12.8 Å². The van der Waals surface area contributed by atoms with Crippen molar-refractivity contribution < 1.29 is 0 Å². The Balaban J connectivity index is 1.89. The highest BCUT2D eigenvalue weighted by Gasteiger charge is 2.23. The lowest BCUT2D eigenvalue weighted by atomic mass is 10.0. The fourth-order valence-corrected chi connectivity index (χ4v) is 3.86. The molecule has 1 aliphatic carbocycles. The maximum absolute atomic E-state index is 6.11. The average molecular weight is 271 g/mol. The van der Waals surface area contributed by atoms with Crippen molar-refractivity contribution in [1.82, 2.24) is 10.3 Å². The molecule has 0 spiro atoms. The predicted molar refractivity (Wildman–Crippen MR) is 74.8 cm³/mol. The Morgan fingerprint density at radius 3 is 2.94 bits per heavy atom. The number of halogens is 1.